The molecular weight excluding hydrogens is 552 g/mol. The van der Waals surface area contributed by atoms with Crippen molar-refractivity contribution in [3.63, 3.8) is 0 Å². The summed E-state index contributed by atoms with van der Waals surface area (Å²) in [6.45, 7) is 3.44. The SMILES string of the molecule is Cc1ccc(S(=O)(=O)c2ccc(Oc3ccc(-c4ccc(C)c(S(=O)(=O)O)c4)cc3SOOO)cc2)cc1. The molecule has 0 amide bonds. The molecule has 0 atom stereocenters. The topological polar surface area (TPSA) is 136 Å². The molecule has 12 heteroatoms. The maximum atomic E-state index is 12.9. The van der Waals surface area contributed by atoms with Crippen LogP contribution in [-0.2, 0) is 29.3 Å². The summed E-state index contributed by atoms with van der Waals surface area (Å²) in [5, 5.41) is 12.3. The van der Waals surface area contributed by atoms with Gasteiger partial charge >= 0.3 is 0 Å². The molecule has 0 saturated carbocycles. The summed E-state index contributed by atoms with van der Waals surface area (Å²) in [6, 6.07) is 21.9. The average molecular weight is 575 g/mol. The van der Waals surface area contributed by atoms with Crippen LogP contribution in [0.15, 0.2) is 105 Å². The predicted molar refractivity (Wildman–Crippen MR) is 140 cm³/mol. The van der Waals surface area contributed by atoms with Crippen LogP contribution in [0, 0.1) is 13.8 Å². The van der Waals surface area contributed by atoms with Crippen LogP contribution in [0.4, 0.5) is 0 Å². The van der Waals surface area contributed by atoms with Gasteiger partial charge in [-0.05, 0) is 85.1 Å². The molecule has 0 fully saturated rings. The molecule has 2 N–H and O–H groups in total. The summed E-state index contributed by atoms with van der Waals surface area (Å²) >= 11 is 0.633. The number of hydrogen-bond acceptors (Lipinski definition) is 9. The van der Waals surface area contributed by atoms with Crippen molar-refractivity contribution >= 4 is 32.0 Å². The molecule has 198 valence electrons. The first-order valence-corrected chi connectivity index (χ1v) is 14.6. The number of benzene rings is 4. The molecule has 0 radical (unpaired) electrons. The Morgan fingerprint density at radius 3 is 1.92 bits per heavy atom. The minimum absolute atomic E-state index is 0.102. The van der Waals surface area contributed by atoms with Crippen molar-refractivity contribution in [3.05, 3.63) is 96.1 Å². The van der Waals surface area contributed by atoms with Crippen molar-refractivity contribution in [1.82, 2.24) is 0 Å². The van der Waals surface area contributed by atoms with Crippen LogP contribution in [0.25, 0.3) is 11.1 Å². The number of sulfone groups is 1. The third-order valence-electron chi connectivity index (χ3n) is 5.59. The van der Waals surface area contributed by atoms with E-state index in [1.807, 2.05) is 6.92 Å². The fourth-order valence-electron chi connectivity index (χ4n) is 3.61. The van der Waals surface area contributed by atoms with E-state index in [-0.39, 0.29) is 20.4 Å². The van der Waals surface area contributed by atoms with Crippen molar-refractivity contribution in [2.75, 3.05) is 0 Å². The van der Waals surface area contributed by atoms with Gasteiger partial charge in [-0.1, -0.05) is 40.9 Å². The van der Waals surface area contributed by atoms with Crippen LogP contribution in [-0.4, -0.2) is 26.6 Å². The minimum Gasteiger partial charge on any atom is -0.456 e. The lowest BCUT2D eigenvalue weighted by Crippen LogP contribution is -2.02. The van der Waals surface area contributed by atoms with Crippen molar-refractivity contribution < 1.29 is 40.8 Å². The van der Waals surface area contributed by atoms with Crippen molar-refractivity contribution in [2.24, 2.45) is 0 Å². The third-order valence-corrected chi connectivity index (χ3v) is 9.00. The highest BCUT2D eigenvalue weighted by Crippen LogP contribution is 2.38. The highest BCUT2D eigenvalue weighted by Gasteiger charge is 2.19. The first kappa shape index (κ1) is 27.8. The van der Waals surface area contributed by atoms with Gasteiger partial charge in [-0.2, -0.15) is 8.42 Å². The van der Waals surface area contributed by atoms with Crippen molar-refractivity contribution in [1.29, 1.82) is 0 Å². The fourth-order valence-corrected chi connectivity index (χ4v) is 6.10. The molecule has 0 aliphatic rings. The Kier molecular flexibility index (Phi) is 8.23. The first-order valence-electron chi connectivity index (χ1n) is 11.0. The molecule has 9 nitrogen and oxygen atoms in total. The highest BCUT2D eigenvalue weighted by atomic mass is 32.2. The lowest BCUT2D eigenvalue weighted by atomic mass is 10.0. The zero-order chi connectivity index (χ0) is 27.5. The van der Waals surface area contributed by atoms with Gasteiger partial charge in [-0.25, -0.2) is 13.7 Å². The van der Waals surface area contributed by atoms with E-state index in [4.69, 9.17) is 9.99 Å². The average Bonchev–Trinajstić information content (AvgIpc) is 2.88. The Bertz CT molecular complexity index is 1660. The maximum Gasteiger partial charge on any atom is 0.294 e. The normalized spacial score (nSPS) is 11.9. The molecule has 0 aromatic heterocycles. The van der Waals surface area contributed by atoms with Gasteiger partial charge in [0.1, 0.15) is 11.5 Å². The molecule has 0 saturated heterocycles. The zero-order valence-electron chi connectivity index (χ0n) is 20.1. The zero-order valence-corrected chi connectivity index (χ0v) is 22.5. The van der Waals surface area contributed by atoms with Crippen LogP contribution in [0.1, 0.15) is 11.1 Å². The van der Waals surface area contributed by atoms with Gasteiger partial charge in [0.2, 0.25) is 9.84 Å². The van der Waals surface area contributed by atoms with E-state index < -0.39 is 20.0 Å². The Labute approximate surface area is 224 Å². The molecule has 0 bridgehead atoms. The van der Waals surface area contributed by atoms with Crippen LogP contribution in [0.3, 0.4) is 0 Å². The molecule has 0 unspecified atom stereocenters. The fraction of sp³-hybridized carbons (Fsp3) is 0.0769. The molecule has 0 spiro atoms. The quantitative estimate of drug-likeness (QED) is 0.102. The lowest BCUT2D eigenvalue weighted by Gasteiger charge is -2.13. The number of hydrogen-bond donors (Lipinski definition) is 2. The summed E-state index contributed by atoms with van der Waals surface area (Å²) in [5.41, 5.74) is 2.39. The summed E-state index contributed by atoms with van der Waals surface area (Å²) in [7, 11) is -8.13. The molecule has 4 aromatic carbocycles. The van der Waals surface area contributed by atoms with Gasteiger partial charge in [0.05, 0.1) is 31.6 Å². The second-order valence-electron chi connectivity index (χ2n) is 8.23. The van der Waals surface area contributed by atoms with Gasteiger partial charge in [-0.15, -0.1) is 4.33 Å². The van der Waals surface area contributed by atoms with Crippen LogP contribution >= 0.6 is 12.0 Å². The molecular formula is C26H22O9S3. The smallest absolute Gasteiger partial charge is 0.294 e. The van der Waals surface area contributed by atoms with Gasteiger partial charge in [-0.3, -0.25) is 4.55 Å². The monoisotopic (exact) mass is 574 g/mol. The number of aryl methyl sites for hydroxylation is 2. The number of rotatable bonds is 9. The molecule has 0 aliphatic heterocycles. The standard InChI is InChI=1S/C26H22O9S3/c1-17-3-10-22(11-4-17)37(28,29)23-12-8-21(9-13-23)33-24-14-7-19(15-25(24)36-35-34-27)20-6-5-18(2)26(16-20)38(30,31)32/h3-16,27H,1-2H3,(H,30,31,32). The highest BCUT2D eigenvalue weighted by molar-refractivity contribution is 7.94. The summed E-state index contributed by atoms with van der Waals surface area (Å²) in [4.78, 5) is 0.409. The van der Waals surface area contributed by atoms with Crippen LogP contribution < -0.4 is 4.74 Å². The van der Waals surface area contributed by atoms with Crippen LogP contribution in [0.5, 0.6) is 11.5 Å². The van der Waals surface area contributed by atoms with E-state index in [9.17, 15) is 21.4 Å². The van der Waals surface area contributed by atoms with E-state index in [0.29, 0.717) is 39.4 Å². The van der Waals surface area contributed by atoms with Crippen molar-refractivity contribution in [2.45, 2.75) is 33.4 Å². The van der Waals surface area contributed by atoms with Crippen molar-refractivity contribution in [3.8, 4) is 22.6 Å². The Morgan fingerprint density at radius 2 is 1.32 bits per heavy atom. The Balaban J connectivity index is 1.63. The molecule has 4 aromatic rings. The van der Waals surface area contributed by atoms with Gasteiger partial charge in [0.25, 0.3) is 10.1 Å². The lowest BCUT2D eigenvalue weighted by molar-refractivity contribution is -0.432. The van der Waals surface area contributed by atoms with E-state index in [0.717, 1.165) is 5.56 Å². The predicted octanol–water partition coefficient (Wildman–Crippen LogP) is 6.27. The van der Waals surface area contributed by atoms with E-state index in [2.05, 4.69) is 9.37 Å². The van der Waals surface area contributed by atoms with E-state index in [1.54, 1.807) is 61.5 Å². The van der Waals surface area contributed by atoms with E-state index >= 15 is 0 Å². The van der Waals surface area contributed by atoms with E-state index in [1.165, 1.54) is 30.3 Å². The first-order chi connectivity index (χ1) is 18.0. The summed E-state index contributed by atoms with van der Waals surface area (Å²) in [5.74, 6) is 0.614. The summed E-state index contributed by atoms with van der Waals surface area (Å²) < 4.78 is 69.3. The Morgan fingerprint density at radius 1 is 0.737 bits per heavy atom. The van der Waals surface area contributed by atoms with Gasteiger partial charge in [0.15, 0.2) is 0 Å². The summed E-state index contributed by atoms with van der Waals surface area (Å²) in [6.07, 6.45) is 0. The second-order valence-corrected chi connectivity index (χ2v) is 12.3. The third kappa shape index (κ3) is 6.25. The van der Waals surface area contributed by atoms with Gasteiger partial charge < -0.3 is 4.74 Å². The largest absolute Gasteiger partial charge is 0.456 e. The molecule has 4 rings (SSSR count). The maximum absolute atomic E-state index is 12.9. The molecule has 0 aliphatic carbocycles. The van der Waals surface area contributed by atoms with Gasteiger partial charge in [0, 0.05) is 0 Å². The second kappa shape index (κ2) is 11.3. The Hall–Kier alpha value is -3.23. The molecule has 0 heterocycles. The minimum atomic E-state index is -4.42. The molecule has 38 heavy (non-hydrogen) atoms. The van der Waals surface area contributed by atoms with Crippen LogP contribution in [0.2, 0.25) is 0 Å². The number of ether oxygens (including phenoxy) is 1.